The van der Waals surface area contributed by atoms with Gasteiger partial charge in [0.1, 0.15) is 0 Å². The van der Waals surface area contributed by atoms with Crippen LogP contribution in [0.3, 0.4) is 0 Å². The highest BCUT2D eigenvalue weighted by molar-refractivity contribution is 7.80. The van der Waals surface area contributed by atoms with Gasteiger partial charge < -0.3 is 14.7 Å². The second-order valence-electron chi connectivity index (χ2n) is 8.42. The Morgan fingerprint density at radius 3 is 2.45 bits per heavy atom. The summed E-state index contributed by atoms with van der Waals surface area (Å²) in [6.45, 7) is 9.44. The minimum atomic E-state index is -0.143. The Bertz CT molecular complexity index is 1090. The molecule has 1 aromatic heterocycles. The van der Waals surface area contributed by atoms with Gasteiger partial charge in [0.05, 0.1) is 11.6 Å². The zero-order valence-corrected chi connectivity index (χ0v) is 19.2. The first kappa shape index (κ1) is 21.2. The molecule has 1 atom stereocenters. The molecule has 0 fully saturated rings. The lowest BCUT2D eigenvalue weighted by Gasteiger charge is -2.37. The number of aryl methyl sites for hydroxylation is 1. The summed E-state index contributed by atoms with van der Waals surface area (Å²) in [6.07, 6.45) is 1.04. The van der Waals surface area contributed by atoms with Crippen LogP contribution in [0.25, 0.3) is 17.0 Å². The number of rotatable bonds is 6. The molecule has 0 bridgehead atoms. The summed E-state index contributed by atoms with van der Waals surface area (Å²) < 4.78 is 5.79. The largest absolute Gasteiger partial charge is 0.351 e. The van der Waals surface area contributed by atoms with Crippen LogP contribution in [-0.4, -0.2) is 26.7 Å². The van der Waals surface area contributed by atoms with Crippen molar-refractivity contribution in [2.45, 2.75) is 40.2 Å². The van der Waals surface area contributed by atoms with E-state index in [9.17, 15) is 0 Å². The van der Waals surface area contributed by atoms with Gasteiger partial charge in [0.2, 0.25) is 5.82 Å². The van der Waals surface area contributed by atoms with Crippen molar-refractivity contribution in [3.8, 4) is 11.4 Å². The van der Waals surface area contributed by atoms with Crippen molar-refractivity contribution in [3.63, 3.8) is 0 Å². The zero-order chi connectivity index (χ0) is 22.0. The quantitative estimate of drug-likeness (QED) is 0.500. The topological polar surface area (TPSA) is 54.2 Å². The van der Waals surface area contributed by atoms with Gasteiger partial charge in [-0.2, -0.15) is 4.98 Å². The van der Waals surface area contributed by atoms with Crippen LogP contribution in [0, 0.1) is 12.8 Å². The number of hydrogen-bond donors (Lipinski definition) is 1. The number of hydrogen-bond acceptors (Lipinski definition) is 4. The van der Waals surface area contributed by atoms with Gasteiger partial charge in [-0.25, -0.2) is 0 Å². The molecular weight excluding hydrogens is 404 g/mol. The van der Waals surface area contributed by atoms with Crippen LogP contribution in [0.2, 0.25) is 0 Å². The molecule has 3 aromatic rings. The smallest absolute Gasteiger partial charge is 0.258 e. The van der Waals surface area contributed by atoms with E-state index in [2.05, 4.69) is 67.3 Å². The Morgan fingerprint density at radius 2 is 1.77 bits per heavy atom. The summed E-state index contributed by atoms with van der Waals surface area (Å²) >= 11 is 5.74. The molecule has 0 radical (unpaired) electrons. The van der Waals surface area contributed by atoms with Crippen molar-refractivity contribution in [2.75, 3.05) is 6.54 Å². The van der Waals surface area contributed by atoms with Gasteiger partial charge in [0.25, 0.3) is 5.89 Å². The molecule has 0 amide bonds. The molecule has 0 saturated carbocycles. The predicted octanol–water partition coefficient (Wildman–Crippen LogP) is 5.75. The van der Waals surface area contributed by atoms with E-state index in [1.807, 2.05) is 30.3 Å². The molecule has 1 aliphatic heterocycles. The molecule has 31 heavy (non-hydrogen) atoms. The molecule has 4 rings (SSSR count). The van der Waals surface area contributed by atoms with Crippen LogP contribution in [0.4, 0.5) is 0 Å². The highest BCUT2D eigenvalue weighted by Gasteiger charge is 2.33. The molecule has 0 saturated heterocycles. The number of nitrogens with one attached hydrogen (secondary N) is 1. The summed E-state index contributed by atoms with van der Waals surface area (Å²) in [5, 5.41) is 8.52. The minimum absolute atomic E-state index is 0.143. The summed E-state index contributed by atoms with van der Waals surface area (Å²) in [5.74, 6) is 1.69. The maximum absolute atomic E-state index is 5.79. The fourth-order valence-electron chi connectivity index (χ4n) is 3.76. The Balaban J connectivity index is 1.77. The number of benzene rings is 2. The summed E-state index contributed by atoms with van der Waals surface area (Å²) in [7, 11) is 0. The van der Waals surface area contributed by atoms with Gasteiger partial charge in [-0.15, -0.1) is 0 Å². The second kappa shape index (κ2) is 9.02. The lowest BCUT2D eigenvalue weighted by atomic mass is 9.94. The number of allylic oxidation sites excluding steroid dienone is 1. The summed E-state index contributed by atoms with van der Waals surface area (Å²) in [4.78, 5) is 6.92. The number of aromatic nitrogens is 2. The third-order valence-corrected chi connectivity index (χ3v) is 5.96. The molecule has 1 N–H and O–H groups in total. The second-order valence-corrected chi connectivity index (χ2v) is 8.80. The SMILES string of the molecule is CC1=C(c2nc(-c3ccc(C)cc3)no2)C(c2ccccc2)NC(=S)N1CCC(C)C. The van der Waals surface area contributed by atoms with Crippen LogP contribution in [0.15, 0.2) is 64.8 Å². The lowest BCUT2D eigenvalue weighted by molar-refractivity contribution is 0.390. The zero-order valence-electron chi connectivity index (χ0n) is 18.4. The number of thiocarbonyl (C=S) groups is 1. The summed E-state index contributed by atoms with van der Waals surface area (Å²) in [5.41, 5.74) is 5.26. The van der Waals surface area contributed by atoms with E-state index in [-0.39, 0.29) is 6.04 Å². The molecule has 2 aromatic carbocycles. The van der Waals surface area contributed by atoms with Crippen molar-refractivity contribution in [2.24, 2.45) is 5.92 Å². The molecule has 5 nitrogen and oxygen atoms in total. The monoisotopic (exact) mass is 432 g/mol. The maximum Gasteiger partial charge on any atom is 0.258 e. The minimum Gasteiger partial charge on any atom is -0.351 e. The van der Waals surface area contributed by atoms with Gasteiger partial charge in [0.15, 0.2) is 5.11 Å². The first-order chi connectivity index (χ1) is 14.9. The van der Waals surface area contributed by atoms with E-state index >= 15 is 0 Å². The average molecular weight is 433 g/mol. The molecule has 1 unspecified atom stereocenters. The lowest BCUT2D eigenvalue weighted by Crippen LogP contribution is -2.46. The Labute approximate surface area is 189 Å². The van der Waals surface area contributed by atoms with Gasteiger partial charge in [-0.3, -0.25) is 0 Å². The van der Waals surface area contributed by atoms with E-state index < -0.39 is 0 Å². The molecule has 0 spiro atoms. The fraction of sp³-hybridized carbons (Fsp3) is 0.320. The first-order valence-corrected chi connectivity index (χ1v) is 11.1. The molecule has 6 heteroatoms. The standard InChI is InChI=1S/C25H28N4OS/c1-16(2)14-15-29-18(4)21(22(26-25(29)31)19-8-6-5-7-9-19)24-27-23(28-30-24)20-12-10-17(3)11-13-20/h5-13,16,22H,14-15H2,1-4H3,(H,26,31). The molecule has 0 aliphatic carbocycles. The third-order valence-electron chi connectivity index (χ3n) is 5.63. The van der Waals surface area contributed by atoms with Crippen LogP contribution >= 0.6 is 12.2 Å². The van der Waals surface area contributed by atoms with Crippen molar-refractivity contribution >= 4 is 22.9 Å². The van der Waals surface area contributed by atoms with E-state index in [0.29, 0.717) is 17.6 Å². The van der Waals surface area contributed by atoms with Crippen molar-refractivity contribution < 1.29 is 4.52 Å². The third kappa shape index (κ3) is 4.54. The van der Waals surface area contributed by atoms with E-state index in [4.69, 9.17) is 21.7 Å². The van der Waals surface area contributed by atoms with Crippen molar-refractivity contribution in [1.82, 2.24) is 20.4 Å². The number of nitrogens with zero attached hydrogens (tertiary/aromatic N) is 3. The van der Waals surface area contributed by atoms with E-state index in [1.165, 1.54) is 5.56 Å². The van der Waals surface area contributed by atoms with Crippen molar-refractivity contribution in [3.05, 3.63) is 77.3 Å². The predicted molar refractivity (Wildman–Crippen MR) is 128 cm³/mol. The van der Waals surface area contributed by atoms with Crippen LogP contribution in [0.1, 0.15) is 50.3 Å². The van der Waals surface area contributed by atoms with E-state index in [1.54, 1.807) is 0 Å². The van der Waals surface area contributed by atoms with Gasteiger partial charge in [-0.1, -0.05) is 79.2 Å². The molecule has 2 heterocycles. The molecular formula is C25H28N4OS. The van der Waals surface area contributed by atoms with Crippen LogP contribution in [0.5, 0.6) is 0 Å². The highest BCUT2D eigenvalue weighted by atomic mass is 32.1. The van der Waals surface area contributed by atoms with Crippen molar-refractivity contribution in [1.29, 1.82) is 0 Å². The summed E-state index contributed by atoms with van der Waals surface area (Å²) in [6, 6.07) is 18.3. The molecule has 1 aliphatic rings. The Morgan fingerprint density at radius 1 is 1.06 bits per heavy atom. The van der Waals surface area contributed by atoms with Crippen LogP contribution in [-0.2, 0) is 0 Å². The van der Waals surface area contributed by atoms with Gasteiger partial charge in [-0.05, 0) is 44.0 Å². The maximum atomic E-state index is 5.79. The fourth-order valence-corrected chi connectivity index (χ4v) is 4.11. The average Bonchev–Trinajstić information content (AvgIpc) is 3.23. The Hall–Kier alpha value is -2.99. The normalized spacial score (nSPS) is 16.7. The van der Waals surface area contributed by atoms with Gasteiger partial charge in [0, 0.05) is 17.8 Å². The van der Waals surface area contributed by atoms with E-state index in [0.717, 1.165) is 40.5 Å². The highest BCUT2D eigenvalue weighted by Crippen LogP contribution is 2.37. The van der Waals surface area contributed by atoms with Gasteiger partial charge >= 0.3 is 0 Å². The Kier molecular flexibility index (Phi) is 6.18. The van der Waals surface area contributed by atoms with Crippen LogP contribution < -0.4 is 5.32 Å². The molecule has 160 valence electrons. The first-order valence-electron chi connectivity index (χ1n) is 10.7.